The molecule has 0 aromatic heterocycles. The van der Waals surface area contributed by atoms with E-state index >= 15 is 0 Å². The highest BCUT2D eigenvalue weighted by atomic mass is 35.5. The number of carboxylic acid groups (broad SMARTS) is 1. The summed E-state index contributed by atoms with van der Waals surface area (Å²) in [4.78, 5) is 21.2. The van der Waals surface area contributed by atoms with Crippen LogP contribution in [0.2, 0.25) is 5.02 Å². The summed E-state index contributed by atoms with van der Waals surface area (Å²) in [5.74, 6) is -1.23. The van der Waals surface area contributed by atoms with E-state index < -0.39 is 28.3 Å². The SMILES string of the molecule is O=C(O)c1ccc(Cl)cc1CNc1ccc(C(F)(F)F)cc1[N+](=O)[O-]. The van der Waals surface area contributed by atoms with Crippen LogP contribution in [0, 0.1) is 10.1 Å². The summed E-state index contributed by atoms with van der Waals surface area (Å²) in [5, 5.41) is 23.0. The number of hydrogen-bond donors (Lipinski definition) is 2. The van der Waals surface area contributed by atoms with Crippen molar-refractivity contribution in [3.63, 3.8) is 0 Å². The van der Waals surface area contributed by atoms with Gasteiger partial charge in [0.1, 0.15) is 5.69 Å². The van der Waals surface area contributed by atoms with Crippen LogP contribution in [0.1, 0.15) is 21.5 Å². The van der Waals surface area contributed by atoms with Gasteiger partial charge in [0.25, 0.3) is 5.69 Å². The molecule has 2 aromatic carbocycles. The summed E-state index contributed by atoms with van der Waals surface area (Å²) in [6.07, 6.45) is -4.72. The Balaban J connectivity index is 2.34. The predicted molar refractivity (Wildman–Crippen MR) is 83.8 cm³/mol. The smallest absolute Gasteiger partial charge is 0.416 e. The van der Waals surface area contributed by atoms with Gasteiger partial charge in [-0.1, -0.05) is 11.6 Å². The normalized spacial score (nSPS) is 11.2. The summed E-state index contributed by atoms with van der Waals surface area (Å²) < 4.78 is 38.0. The molecule has 0 saturated carbocycles. The molecule has 2 rings (SSSR count). The molecule has 0 amide bonds. The van der Waals surface area contributed by atoms with Crippen LogP contribution in [-0.2, 0) is 12.7 Å². The van der Waals surface area contributed by atoms with Crippen LogP contribution in [0.3, 0.4) is 0 Å². The Kier molecular flexibility index (Phi) is 5.17. The first-order chi connectivity index (χ1) is 11.6. The molecule has 0 aliphatic carbocycles. The molecular weight excluding hydrogens is 365 g/mol. The molecule has 0 atom stereocenters. The summed E-state index contributed by atoms with van der Waals surface area (Å²) in [6, 6.07) is 6.03. The van der Waals surface area contributed by atoms with Crippen LogP contribution in [-0.4, -0.2) is 16.0 Å². The van der Waals surface area contributed by atoms with Crippen molar-refractivity contribution in [1.29, 1.82) is 0 Å². The van der Waals surface area contributed by atoms with E-state index in [0.29, 0.717) is 12.1 Å². The van der Waals surface area contributed by atoms with Crippen molar-refractivity contribution in [3.05, 3.63) is 68.2 Å². The van der Waals surface area contributed by atoms with Gasteiger partial charge < -0.3 is 10.4 Å². The molecule has 0 heterocycles. The lowest BCUT2D eigenvalue weighted by Crippen LogP contribution is -2.10. The van der Waals surface area contributed by atoms with Crippen LogP contribution < -0.4 is 5.32 Å². The van der Waals surface area contributed by atoms with E-state index in [9.17, 15) is 28.1 Å². The maximum atomic E-state index is 12.7. The van der Waals surface area contributed by atoms with Gasteiger partial charge in [-0.15, -0.1) is 0 Å². The summed E-state index contributed by atoms with van der Waals surface area (Å²) in [6.45, 7) is -0.172. The zero-order chi connectivity index (χ0) is 18.8. The molecule has 0 aliphatic rings. The minimum atomic E-state index is -4.72. The lowest BCUT2D eigenvalue weighted by Gasteiger charge is -2.12. The van der Waals surface area contributed by atoms with Crippen LogP contribution in [0.5, 0.6) is 0 Å². The van der Waals surface area contributed by atoms with Crippen molar-refractivity contribution in [2.45, 2.75) is 12.7 Å². The number of benzene rings is 2. The average molecular weight is 375 g/mol. The zero-order valence-corrected chi connectivity index (χ0v) is 13.1. The number of carbonyl (C=O) groups is 1. The van der Waals surface area contributed by atoms with Crippen molar-refractivity contribution in [1.82, 2.24) is 0 Å². The number of rotatable bonds is 5. The highest BCUT2D eigenvalue weighted by molar-refractivity contribution is 6.30. The molecule has 0 radical (unpaired) electrons. The number of aromatic carboxylic acids is 1. The Hall–Kier alpha value is -2.81. The highest BCUT2D eigenvalue weighted by Crippen LogP contribution is 2.35. The lowest BCUT2D eigenvalue weighted by molar-refractivity contribution is -0.384. The number of nitro groups is 1. The van der Waals surface area contributed by atoms with Crippen LogP contribution in [0.15, 0.2) is 36.4 Å². The first-order valence-corrected chi connectivity index (χ1v) is 7.08. The standard InChI is InChI=1S/C15H10ClF3N2O4/c16-10-2-3-11(14(22)23)8(5-10)7-20-12-4-1-9(15(17,18)19)6-13(12)21(24)25/h1-6,20H,7H2,(H,22,23). The van der Waals surface area contributed by atoms with Gasteiger partial charge in [-0.2, -0.15) is 13.2 Å². The molecule has 0 unspecified atom stereocenters. The van der Waals surface area contributed by atoms with E-state index in [4.69, 9.17) is 16.7 Å². The summed E-state index contributed by atoms with van der Waals surface area (Å²) in [7, 11) is 0. The summed E-state index contributed by atoms with van der Waals surface area (Å²) >= 11 is 5.80. The lowest BCUT2D eigenvalue weighted by atomic mass is 10.1. The molecule has 0 saturated heterocycles. The Bertz CT molecular complexity index is 840. The van der Waals surface area contributed by atoms with E-state index in [1.807, 2.05) is 0 Å². The molecule has 25 heavy (non-hydrogen) atoms. The number of anilines is 1. The van der Waals surface area contributed by atoms with E-state index in [-0.39, 0.29) is 28.4 Å². The fraction of sp³-hybridized carbons (Fsp3) is 0.133. The Morgan fingerprint density at radius 2 is 1.92 bits per heavy atom. The third-order valence-corrected chi connectivity index (χ3v) is 3.52. The van der Waals surface area contributed by atoms with Crippen molar-refractivity contribution in [2.75, 3.05) is 5.32 Å². The van der Waals surface area contributed by atoms with Crippen LogP contribution >= 0.6 is 11.6 Å². The average Bonchev–Trinajstić information content (AvgIpc) is 2.51. The summed E-state index contributed by atoms with van der Waals surface area (Å²) in [5.41, 5.74) is -1.94. The van der Waals surface area contributed by atoms with E-state index in [0.717, 1.165) is 6.07 Å². The van der Waals surface area contributed by atoms with E-state index in [1.165, 1.54) is 18.2 Å². The molecule has 0 fully saturated rings. The fourth-order valence-corrected chi connectivity index (χ4v) is 2.31. The molecule has 10 heteroatoms. The van der Waals surface area contributed by atoms with Crippen molar-refractivity contribution in [2.24, 2.45) is 0 Å². The van der Waals surface area contributed by atoms with Gasteiger partial charge in [-0.05, 0) is 35.9 Å². The number of alkyl halides is 3. The number of nitrogens with zero attached hydrogens (tertiary/aromatic N) is 1. The first-order valence-electron chi connectivity index (χ1n) is 6.71. The molecule has 0 spiro atoms. The molecular formula is C15H10ClF3N2O4. The predicted octanol–water partition coefficient (Wildman–Crippen LogP) is 4.58. The quantitative estimate of drug-likeness (QED) is 0.590. The Morgan fingerprint density at radius 1 is 1.24 bits per heavy atom. The molecule has 132 valence electrons. The molecule has 0 aliphatic heterocycles. The topological polar surface area (TPSA) is 92.5 Å². The fourth-order valence-electron chi connectivity index (χ4n) is 2.12. The minimum absolute atomic E-state index is 0.0773. The van der Waals surface area contributed by atoms with Crippen LogP contribution in [0.4, 0.5) is 24.5 Å². The van der Waals surface area contributed by atoms with Gasteiger partial charge in [-0.3, -0.25) is 10.1 Å². The number of nitrogens with one attached hydrogen (secondary N) is 1. The minimum Gasteiger partial charge on any atom is -0.478 e. The largest absolute Gasteiger partial charge is 0.478 e. The van der Waals surface area contributed by atoms with Gasteiger partial charge in [0.2, 0.25) is 0 Å². The van der Waals surface area contributed by atoms with Gasteiger partial charge >= 0.3 is 12.1 Å². The number of carboxylic acids is 1. The number of hydrogen-bond acceptors (Lipinski definition) is 4. The van der Waals surface area contributed by atoms with Crippen LogP contribution in [0.25, 0.3) is 0 Å². The highest BCUT2D eigenvalue weighted by Gasteiger charge is 2.33. The second-order valence-electron chi connectivity index (χ2n) is 4.95. The van der Waals surface area contributed by atoms with E-state index in [2.05, 4.69) is 5.32 Å². The molecule has 2 N–H and O–H groups in total. The van der Waals surface area contributed by atoms with E-state index in [1.54, 1.807) is 0 Å². The number of nitro benzene ring substituents is 1. The zero-order valence-electron chi connectivity index (χ0n) is 12.3. The van der Waals surface area contributed by atoms with Gasteiger partial charge in [0.15, 0.2) is 0 Å². The maximum Gasteiger partial charge on any atom is 0.416 e. The van der Waals surface area contributed by atoms with Gasteiger partial charge in [-0.25, -0.2) is 4.79 Å². The first kappa shape index (κ1) is 18.5. The Labute approximate surface area is 144 Å². The molecule has 0 bridgehead atoms. The third kappa shape index (κ3) is 4.38. The van der Waals surface area contributed by atoms with Crippen molar-refractivity contribution < 1.29 is 28.0 Å². The van der Waals surface area contributed by atoms with Gasteiger partial charge in [0.05, 0.1) is 16.1 Å². The second kappa shape index (κ2) is 6.98. The van der Waals surface area contributed by atoms with Crippen molar-refractivity contribution in [3.8, 4) is 0 Å². The Morgan fingerprint density at radius 3 is 2.48 bits per heavy atom. The maximum absolute atomic E-state index is 12.7. The molecule has 2 aromatic rings. The monoisotopic (exact) mass is 374 g/mol. The number of halogens is 4. The van der Waals surface area contributed by atoms with Gasteiger partial charge in [0, 0.05) is 17.6 Å². The second-order valence-corrected chi connectivity index (χ2v) is 5.38. The molecule has 6 nitrogen and oxygen atoms in total. The third-order valence-electron chi connectivity index (χ3n) is 3.29. The van der Waals surface area contributed by atoms with Crippen molar-refractivity contribution >= 4 is 28.9 Å².